The molecule has 0 radical (unpaired) electrons. The molecule has 10 heteroatoms. The number of piperidine rings is 1. The molecule has 3 heterocycles. The first-order valence-electron chi connectivity index (χ1n) is 11.1. The molecule has 1 aromatic carbocycles. The third-order valence-corrected chi connectivity index (χ3v) is 6.40. The van der Waals surface area contributed by atoms with Crippen LogP contribution in [0.4, 0.5) is 19.3 Å². The standard InChI is InChI=1S/C22H25F2N5O3/c23-17-6-5-16(11-18(17)24)29-9-8-28(22(29)31)13-20(30)27-7-1-2-14(12-27)10-19-25-21(26-32-19)15-3-4-15/h5-6,11,14-15H,1-4,7-10,12-13H2. The van der Waals surface area contributed by atoms with E-state index in [-0.39, 0.29) is 30.1 Å². The fourth-order valence-corrected chi connectivity index (χ4v) is 4.45. The molecule has 3 amide bonds. The highest BCUT2D eigenvalue weighted by Gasteiger charge is 2.34. The van der Waals surface area contributed by atoms with Crippen LogP contribution in [0, 0.1) is 17.6 Å². The number of amides is 3. The molecule has 0 spiro atoms. The van der Waals surface area contributed by atoms with Gasteiger partial charge in [0.25, 0.3) is 0 Å². The molecule has 3 aliphatic rings. The van der Waals surface area contributed by atoms with Gasteiger partial charge in [0.2, 0.25) is 11.8 Å². The van der Waals surface area contributed by atoms with Crippen molar-refractivity contribution in [2.75, 3.05) is 37.6 Å². The summed E-state index contributed by atoms with van der Waals surface area (Å²) >= 11 is 0. The van der Waals surface area contributed by atoms with Gasteiger partial charge < -0.3 is 14.3 Å². The highest BCUT2D eigenvalue weighted by Crippen LogP contribution is 2.38. The van der Waals surface area contributed by atoms with Crippen LogP contribution in [-0.4, -0.2) is 64.6 Å². The van der Waals surface area contributed by atoms with Crippen molar-refractivity contribution >= 4 is 17.6 Å². The number of hydrogen-bond acceptors (Lipinski definition) is 5. The Hall–Kier alpha value is -3.04. The number of likely N-dealkylation sites (tertiary alicyclic amines) is 1. The van der Waals surface area contributed by atoms with Crippen LogP contribution in [-0.2, 0) is 11.2 Å². The number of carbonyl (C=O) groups excluding carboxylic acids is 2. The molecular formula is C22H25F2N5O3. The number of urea groups is 1. The summed E-state index contributed by atoms with van der Waals surface area (Å²) in [5.41, 5.74) is 0.284. The van der Waals surface area contributed by atoms with Gasteiger partial charge in [-0.05, 0) is 43.7 Å². The van der Waals surface area contributed by atoms with E-state index < -0.39 is 11.6 Å². The Morgan fingerprint density at radius 3 is 2.75 bits per heavy atom. The quantitative estimate of drug-likeness (QED) is 0.683. The van der Waals surface area contributed by atoms with E-state index in [9.17, 15) is 18.4 Å². The van der Waals surface area contributed by atoms with Gasteiger partial charge in [-0.1, -0.05) is 5.16 Å². The molecule has 0 bridgehead atoms. The molecule has 2 aromatic rings. The van der Waals surface area contributed by atoms with Gasteiger partial charge in [-0.3, -0.25) is 9.69 Å². The summed E-state index contributed by atoms with van der Waals surface area (Å²) in [5, 5.41) is 4.06. The second-order valence-electron chi connectivity index (χ2n) is 8.83. The van der Waals surface area contributed by atoms with Gasteiger partial charge in [0.15, 0.2) is 17.5 Å². The van der Waals surface area contributed by atoms with Crippen molar-refractivity contribution in [3.63, 3.8) is 0 Å². The fraction of sp³-hybridized carbons (Fsp3) is 0.545. The van der Waals surface area contributed by atoms with E-state index in [0.717, 1.165) is 43.6 Å². The lowest BCUT2D eigenvalue weighted by Crippen LogP contribution is -2.46. The maximum atomic E-state index is 13.5. The maximum Gasteiger partial charge on any atom is 0.325 e. The molecule has 1 unspecified atom stereocenters. The van der Waals surface area contributed by atoms with E-state index in [0.29, 0.717) is 44.4 Å². The van der Waals surface area contributed by atoms with Crippen molar-refractivity contribution in [2.45, 2.75) is 38.0 Å². The van der Waals surface area contributed by atoms with Crippen LogP contribution in [0.25, 0.3) is 0 Å². The van der Waals surface area contributed by atoms with Crippen molar-refractivity contribution < 1.29 is 22.9 Å². The Bertz CT molecular complexity index is 1020. The third-order valence-electron chi connectivity index (χ3n) is 6.40. The zero-order valence-corrected chi connectivity index (χ0v) is 17.7. The summed E-state index contributed by atoms with van der Waals surface area (Å²) < 4.78 is 32.1. The first-order valence-corrected chi connectivity index (χ1v) is 11.1. The third kappa shape index (κ3) is 4.31. The molecule has 8 nitrogen and oxygen atoms in total. The molecule has 3 fully saturated rings. The minimum Gasteiger partial charge on any atom is -0.341 e. The van der Waals surface area contributed by atoms with Gasteiger partial charge in [0.1, 0.15) is 6.54 Å². The number of nitrogens with zero attached hydrogens (tertiary/aromatic N) is 5. The summed E-state index contributed by atoms with van der Waals surface area (Å²) in [6.45, 7) is 1.89. The van der Waals surface area contributed by atoms with Crippen molar-refractivity contribution in [2.24, 2.45) is 5.92 Å². The molecule has 5 rings (SSSR count). The minimum atomic E-state index is -1.00. The lowest BCUT2D eigenvalue weighted by molar-refractivity contribution is -0.133. The van der Waals surface area contributed by atoms with Crippen LogP contribution in [0.3, 0.4) is 0 Å². The van der Waals surface area contributed by atoms with Crippen LogP contribution in [0.5, 0.6) is 0 Å². The predicted octanol–water partition coefficient (Wildman–Crippen LogP) is 2.95. The molecular weight excluding hydrogens is 420 g/mol. The SMILES string of the molecule is O=C(CN1CCN(c2ccc(F)c(F)c2)C1=O)N1CCCC(Cc2nc(C3CC3)no2)C1. The number of halogens is 2. The summed E-state index contributed by atoms with van der Waals surface area (Å²) in [6, 6.07) is 2.98. The summed E-state index contributed by atoms with van der Waals surface area (Å²) in [5.74, 6) is 0.0319. The van der Waals surface area contributed by atoms with E-state index in [1.807, 2.05) is 0 Å². The Kier molecular flexibility index (Phi) is 5.52. The molecule has 1 atom stereocenters. The van der Waals surface area contributed by atoms with Gasteiger partial charge in [-0.15, -0.1) is 0 Å². The zero-order chi connectivity index (χ0) is 22.2. The number of carbonyl (C=O) groups is 2. The molecule has 32 heavy (non-hydrogen) atoms. The largest absolute Gasteiger partial charge is 0.341 e. The Labute approximate surface area is 184 Å². The predicted molar refractivity (Wildman–Crippen MR) is 110 cm³/mol. The van der Waals surface area contributed by atoms with Crippen LogP contribution in [0.1, 0.15) is 43.3 Å². The van der Waals surface area contributed by atoms with E-state index in [1.54, 1.807) is 4.90 Å². The Morgan fingerprint density at radius 1 is 1.12 bits per heavy atom. The highest BCUT2D eigenvalue weighted by atomic mass is 19.2. The summed E-state index contributed by atoms with van der Waals surface area (Å²) in [7, 11) is 0. The van der Waals surface area contributed by atoms with Crippen molar-refractivity contribution in [1.29, 1.82) is 0 Å². The lowest BCUT2D eigenvalue weighted by Gasteiger charge is -2.33. The van der Waals surface area contributed by atoms with Crippen LogP contribution >= 0.6 is 0 Å². The van der Waals surface area contributed by atoms with Crippen molar-refractivity contribution in [1.82, 2.24) is 19.9 Å². The van der Waals surface area contributed by atoms with E-state index in [1.165, 1.54) is 15.9 Å². The topological polar surface area (TPSA) is 82.8 Å². The highest BCUT2D eigenvalue weighted by molar-refractivity contribution is 5.96. The van der Waals surface area contributed by atoms with Gasteiger partial charge in [-0.25, -0.2) is 13.6 Å². The van der Waals surface area contributed by atoms with Gasteiger partial charge >= 0.3 is 6.03 Å². The van der Waals surface area contributed by atoms with Gasteiger partial charge in [0.05, 0.1) is 0 Å². The number of benzene rings is 1. The normalized spacial score (nSPS) is 21.5. The number of rotatable bonds is 6. The fourth-order valence-electron chi connectivity index (χ4n) is 4.45. The Morgan fingerprint density at radius 2 is 1.97 bits per heavy atom. The maximum absolute atomic E-state index is 13.5. The van der Waals surface area contributed by atoms with Gasteiger partial charge in [-0.2, -0.15) is 4.98 Å². The Balaban J connectivity index is 1.16. The van der Waals surface area contributed by atoms with Crippen molar-refractivity contribution in [3.05, 3.63) is 41.5 Å². The summed E-state index contributed by atoms with van der Waals surface area (Å²) in [6.07, 6.45) is 4.75. The molecule has 170 valence electrons. The second kappa shape index (κ2) is 8.48. The molecule has 2 aliphatic heterocycles. The second-order valence-corrected chi connectivity index (χ2v) is 8.83. The zero-order valence-electron chi connectivity index (χ0n) is 17.7. The number of aromatic nitrogens is 2. The number of anilines is 1. The van der Waals surface area contributed by atoms with E-state index in [2.05, 4.69) is 10.1 Å². The molecule has 1 saturated carbocycles. The average molecular weight is 445 g/mol. The van der Waals surface area contributed by atoms with Crippen LogP contribution in [0.2, 0.25) is 0 Å². The molecule has 1 aromatic heterocycles. The molecule has 2 saturated heterocycles. The smallest absolute Gasteiger partial charge is 0.325 e. The summed E-state index contributed by atoms with van der Waals surface area (Å²) in [4.78, 5) is 34.7. The first kappa shape index (κ1) is 20.8. The average Bonchev–Trinajstić information content (AvgIpc) is 3.44. The molecule has 1 aliphatic carbocycles. The van der Waals surface area contributed by atoms with E-state index in [4.69, 9.17) is 4.52 Å². The van der Waals surface area contributed by atoms with Gasteiger partial charge in [0, 0.05) is 50.3 Å². The van der Waals surface area contributed by atoms with Crippen LogP contribution < -0.4 is 4.90 Å². The van der Waals surface area contributed by atoms with E-state index >= 15 is 0 Å². The minimum absolute atomic E-state index is 0.0296. The lowest BCUT2D eigenvalue weighted by atomic mass is 9.94. The first-order chi connectivity index (χ1) is 15.5. The monoisotopic (exact) mass is 445 g/mol. The molecule has 0 N–H and O–H groups in total. The number of hydrogen-bond donors (Lipinski definition) is 0. The van der Waals surface area contributed by atoms with Crippen molar-refractivity contribution in [3.8, 4) is 0 Å². The van der Waals surface area contributed by atoms with Crippen LogP contribution in [0.15, 0.2) is 22.7 Å².